The molecule has 1 rings (SSSR count). The number of hydrogen-bond acceptors (Lipinski definition) is 5. The molecular formula is C16H29NO5. The Balaban J connectivity index is 2.68. The molecule has 0 aliphatic heterocycles. The first kappa shape index (κ1) is 18.7. The molecule has 0 aromatic carbocycles. The number of aliphatic hydroxyl groups is 1. The molecule has 6 heteroatoms. The Labute approximate surface area is 132 Å². The molecule has 0 unspecified atom stereocenters. The number of methoxy groups -OCH3 is 1. The van der Waals surface area contributed by atoms with E-state index < -0.39 is 29.8 Å². The third-order valence-corrected chi connectivity index (χ3v) is 3.84. The highest BCUT2D eigenvalue weighted by molar-refractivity contribution is 5.76. The molecule has 1 aliphatic rings. The van der Waals surface area contributed by atoms with Crippen LogP contribution in [0.4, 0.5) is 4.79 Å². The third kappa shape index (κ3) is 6.64. The van der Waals surface area contributed by atoms with Crippen LogP contribution >= 0.6 is 0 Å². The Kier molecular flexibility index (Phi) is 7.13. The van der Waals surface area contributed by atoms with Gasteiger partial charge in [0.25, 0.3) is 0 Å². The van der Waals surface area contributed by atoms with Crippen molar-refractivity contribution in [3.05, 3.63) is 0 Å². The normalized spacial score (nSPS) is 19.1. The molecule has 0 saturated heterocycles. The summed E-state index contributed by atoms with van der Waals surface area (Å²) in [6, 6.07) is -0.689. The maximum Gasteiger partial charge on any atom is 0.407 e. The van der Waals surface area contributed by atoms with Crippen LogP contribution in [0.15, 0.2) is 0 Å². The van der Waals surface area contributed by atoms with Gasteiger partial charge in [-0.3, -0.25) is 0 Å². The zero-order chi connectivity index (χ0) is 16.8. The summed E-state index contributed by atoms with van der Waals surface area (Å²) in [6.07, 6.45) is 4.18. The minimum absolute atomic E-state index is 0.396. The number of hydrogen-bond donors (Lipinski definition) is 2. The molecule has 0 aromatic rings. The first-order valence-electron chi connectivity index (χ1n) is 7.98. The van der Waals surface area contributed by atoms with E-state index in [1.54, 1.807) is 20.8 Å². The van der Waals surface area contributed by atoms with E-state index in [1.807, 2.05) is 0 Å². The number of alkyl carbamates (subject to hydrolysis) is 1. The first-order chi connectivity index (χ1) is 10.2. The second kappa shape index (κ2) is 8.36. The molecule has 0 bridgehead atoms. The Morgan fingerprint density at radius 2 is 1.82 bits per heavy atom. The van der Waals surface area contributed by atoms with Crippen LogP contribution < -0.4 is 5.32 Å². The molecular weight excluding hydrogens is 286 g/mol. The number of aliphatic hydroxyl groups excluding tert-OH is 1. The molecule has 2 N–H and O–H groups in total. The monoisotopic (exact) mass is 315 g/mol. The van der Waals surface area contributed by atoms with Gasteiger partial charge in [0, 0.05) is 0 Å². The van der Waals surface area contributed by atoms with E-state index in [0.29, 0.717) is 12.3 Å². The lowest BCUT2D eigenvalue weighted by Crippen LogP contribution is -2.49. The van der Waals surface area contributed by atoms with Gasteiger partial charge < -0.3 is 19.9 Å². The van der Waals surface area contributed by atoms with Crippen molar-refractivity contribution in [1.82, 2.24) is 5.32 Å². The van der Waals surface area contributed by atoms with E-state index in [1.165, 1.54) is 13.5 Å². The predicted molar refractivity (Wildman–Crippen MR) is 82.4 cm³/mol. The van der Waals surface area contributed by atoms with Crippen molar-refractivity contribution >= 4 is 12.1 Å². The summed E-state index contributed by atoms with van der Waals surface area (Å²) < 4.78 is 9.79. The van der Waals surface area contributed by atoms with Gasteiger partial charge in [0.05, 0.1) is 13.2 Å². The molecule has 2 atom stereocenters. The maximum atomic E-state index is 11.9. The van der Waals surface area contributed by atoms with Crippen LogP contribution in [-0.4, -0.2) is 42.0 Å². The zero-order valence-corrected chi connectivity index (χ0v) is 14.1. The van der Waals surface area contributed by atoms with Gasteiger partial charge in [-0.15, -0.1) is 0 Å². The van der Waals surface area contributed by atoms with E-state index >= 15 is 0 Å². The number of amides is 1. The standard InChI is InChI=1S/C16H29NO5/c1-16(2,3)22-15(20)17-12(13(18)14(19)21-4)10-11-8-6-5-7-9-11/h11-13,18H,5-10H2,1-4H3,(H,17,20)/t12-,13+/m1/s1. The molecule has 0 spiro atoms. The largest absolute Gasteiger partial charge is 0.467 e. The minimum Gasteiger partial charge on any atom is -0.467 e. The van der Waals surface area contributed by atoms with E-state index in [4.69, 9.17) is 4.74 Å². The summed E-state index contributed by atoms with van der Waals surface area (Å²) in [5.74, 6) is -0.343. The van der Waals surface area contributed by atoms with Crippen LogP contribution in [0.25, 0.3) is 0 Å². The lowest BCUT2D eigenvalue weighted by Gasteiger charge is -2.30. The van der Waals surface area contributed by atoms with Crippen molar-refractivity contribution in [2.75, 3.05) is 7.11 Å². The fraction of sp³-hybridized carbons (Fsp3) is 0.875. The highest BCUT2D eigenvalue weighted by Gasteiger charge is 2.32. The SMILES string of the molecule is COC(=O)[C@@H](O)[C@@H](CC1CCCCC1)NC(=O)OC(C)(C)C. The van der Waals surface area contributed by atoms with Gasteiger partial charge >= 0.3 is 12.1 Å². The number of carbonyl (C=O) groups excluding carboxylic acids is 2. The van der Waals surface area contributed by atoms with Crippen LogP contribution in [0, 0.1) is 5.92 Å². The quantitative estimate of drug-likeness (QED) is 0.761. The average Bonchev–Trinajstić information content (AvgIpc) is 2.44. The first-order valence-corrected chi connectivity index (χ1v) is 7.98. The van der Waals surface area contributed by atoms with Gasteiger partial charge in [0.15, 0.2) is 6.10 Å². The molecule has 0 radical (unpaired) electrons. The van der Waals surface area contributed by atoms with Gasteiger partial charge in [0.2, 0.25) is 0 Å². The van der Waals surface area contributed by atoms with Gasteiger partial charge in [-0.25, -0.2) is 9.59 Å². The fourth-order valence-electron chi connectivity index (χ4n) is 2.79. The van der Waals surface area contributed by atoms with Crippen molar-refractivity contribution in [1.29, 1.82) is 0 Å². The molecule has 1 aliphatic carbocycles. The zero-order valence-electron chi connectivity index (χ0n) is 14.1. The molecule has 0 heterocycles. The second-order valence-electron chi connectivity index (χ2n) is 6.96. The summed E-state index contributed by atoms with van der Waals surface area (Å²) in [5.41, 5.74) is -0.629. The number of ether oxygens (including phenoxy) is 2. The van der Waals surface area contributed by atoms with Crippen LogP contribution in [0.3, 0.4) is 0 Å². The molecule has 0 aromatic heterocycles. The predicted octanol–water partition coefficient (Wildman–Crippen LogP) is 2.38. The summed E-state index contributed by atoms with van der Waals surface area (Å²) in [5, 5.41) is 12.7. The van der Waals surface area contributed by atoms with Crippen molar-refractivity contribution in [3.63, 3.8) is 0 Å². The van der Waals surface area contributed by atoms with Crippen molar-refractivity contribution in [3.8, 4) is 0 Å². The molecule has 6 nitrogen and oxygen atoms in total. The van der Waals surface area contributed by atoms with E-state index in [0.717, 1.165) is 25.7 Å². The van der Waals surface area contributed by atoms with Crippen molar-refractivity contribution in [2.45, 2.75) is 77.0 Å². The van der Waals surface area contributed by atoms with Crippen molar-refractivity contribution < 1.29 is 24.2 Å². The van der Waals surface area contributed by atoms with Gasteiger partial charge in [-0.1, -0.05) is 32.1 Å². The van der Waals surface area contributed by atoms with Crippen molar-refractivity contribution in [2.24, 2.45) is 5.92 Å². The summed E-state index contributed by atoms with van der Waals surface area (Å²) >= 11 is 0. The number of carbonyl (C=O) groups is 2. The van der Waals surface area contributed by atoms with Gasteiger partial charge in [-0.2, -0.15) is 0 Å². The highest BCUT2D eigenvalue weighted by Crippen LogP contribution is 2.28. The molecule has 1 amide bonds. The van der Waals surface area contributed by atoms with E-state index in [9.17, 15) is 14.7 Å². The number of esters is 1. The summed E-state index contributed by atoms with van der Waals surface area (Å²) in [4.78, 5) is 23.5. The van der Waals surface area contributed by atoms with Crippen LogP contribution in [0.5, 0.6) is 0 Å². The number of nitrogens with one attached hydrogen (secondary N) is 1. The average molecular weight is 315 g/mol. The minimum atomic E-state index is -1.38. The van der Waals surface area contributed by atoms with E-state index in [-0.39, 0.29) is 0 Å². The second-order valence-corrected chi connectivity index (χ2v) is 6.96. The smallest absolute Gasteiger partial charge is 0.407 e. The van der Waals surface area contributed by atoms with Gasteiger partial charge in [0.1, 0.15) is 5.60 Å². The molecule has 1 saturated carbocycles. The Hall–Kier alpha value is -1.30. The van der Waals surface area contributed by atoms with E-state index in [2.05, 4.69) is 10.1 Å². The van der Waals surface area contributed by atoms with Crippen LogP contribution in [0.1, 0.15) is 59.3 Å². The fourth-order valence-corrected chi connectivity index (χ4v) is 2.79. The summed E-state index contributed by atoms with van der Waals surface area (Å²) in [6.45, 7) is 5.29. The lowest BCUT2D eigenvalue weighted by molar-refractivity contribution is -0.152. The summed E-state index contributed by atoms with van der Waals surface area (Å²) in [7, 11) is 1.22. The maximum absolute atomic E-state index is 11.9. The van der Waals surface area contributed by atoms with Gasteiger partial charge in [-0.05, 0) is 33.1 Å². The lowest BCUT2D eigenvalue weighted by atomic mass is 9.83. The Bertz CT molecular complexity index is 371. The molecule has 1 fully saturated rings. The Morgan fingerprint density at radius 1 is 1.23 bits per heavy atom. The highest BCUT2D eigenvalue weighted by atomic mass is 16.6. The van der Waals surface area contributed by atoms with Crippen LogP contribution in [0.2, 0.25) is 0 Å². The number of rotatable bonds is 5. The van der Waals surface area contributed by atoms with Crippen LogP contribution in [-0.2, 0) is 14.3 Å². The Morgan fingerprint density at radius 3 is 2.32 bits per heavy atom. The molecule has 128 valence electrons. The third-order valence-electron chi connectivity index (χ3n) is 3.84. The topological polar surface area (TPSA) is 84.9 Å². The molecule has 22 heavy (non-hydrogen) atoms.